The first-order chi connectivity index (χ1) is 13.8. The van der Waals surface area contributed by atoms with Crippen LogP contribution in [-0.4, -0.2) is 64.1 Å². The third-order valence-corrected chi connectivity index (χ3v) is 7.92. The van der Waals surface area contributed by atoms with Gasteiger partial charge in [0.05, 0.1) is 9.79 Å². The van der Waals surface area contributed by atoms with Crippen molar-refractivity contribution >= 4 is 31.6 Å². The molecule has 0 atom stereocenters. The van der Waals surface area contributed by atoms with Crippen LogP contribution in [0, 0.1) is 6.92 Å². The Labute approximate surface area is 175 Å². The van der Waals surface area contributed by atoms with Gasteiger partial charge in [-0.15, -0.1) is 0 Å². The number of benzene rings is 1. The number of sulfonamides is 2. The standard InChI is InChI=1S/C18H24N4O6S2/c1-13-6-7-14(29(25,26)20(2)3)10-16(13)19-17(23)12-22-11-15(8-9-18(22)24)30(27,28)21(4)5/h6-11H,12H2,1-5H3,(H,19,23). The number of rotatable bonds is 7. The number of amides is 1. The average Bonchev–Trinajstić information content (AvgIpc) is 2.64. The second-order valence-corrected chi connectivity index (χ2v) is 11.2. The fourth-order valence-corrected chi connectivity index (χ4v) is 4.30. The minimum Gasteiger partial charge on any atom is -0.324 e. The number of nitrogens with one attached hydrogen (secondary N) is 1. The Balaban J connectivity index is 2.32. The van der Waals surface area contributed by atoms with Crippen LogP contribution in [0.1, 0.15) is 5.56 Å². The lowest BCUT2D eigenvalue weighted by molar-refractivity contribution is -0.116. The fourth-order valence-electron chi connectivity index (χ4n) is 2.45. The summed E-state index contributed by atoms with van der Waals surface area (Å²) in [4.78, 5) is 24.4. The van der Waals surface area contributed by atoms with Crippen molar-refractivity contribution in [3.8, 4) is 0 Å². The Morgan fingerprint density at radius 2 is 1.47 bits per heavy atom. The number of aryl methyl sites for hydroxylation is 1. The summed E-state index contributed by atoms with van der Waals surface area (Å²) in [6.07, 6.45) is 1.09. The molecule has 1 aromatic heterocycles. The van der Waals surface area contributed by atoms with E-state index in [1.54, 1.807) is 13.0 Å². The molecule has 12 heteroatoms. The fraction of sp³-hybridized carbons (Fsp3) is 0.333. The van der Waals surface area contributed by atoms with Crippen LogP contribution in [0.5, 0.6) is 0 Å². The number of hydrogen-bond donors (Lipinski definition) is 1. The minimum atomic E-state index is -3.78. The third-order valence-electron chi connectivity index (χ3n) is 4.31. The summed E-state index contributed by atoms with van der Waals surface area (Å²) in [6.45, 7) is 1.25. The molecule has 0 aliphatic rings. The molecule has 164 valence electrons. The second-order valence-electron chi connectivity index (χ2n) is 6.93. The molecule has 0 bridgehead atoms. The Hall–Kier alpha value is -2.54. The van der Waals surface area contributed by atoms with E-state index >= 15 is 0 Å². The van der Waals surface area contributed by atoms with E-state index in [0.29, 0.717) is 5.56 Å². The van der Waals surface area contributed by atoms with Crippen LogP contribution < -0.4 is 10.9 Å². The molecule has 2 rings (SSSR count). The minimum absolute atomic E-state index is 0.00430. The third kappa shape index (κ3) is 4.95. The van der Waals surface area contributed by atoms with Gasteiger partial charge in [-0.3, -0.25) is 9.59 Å². The van der Waals surface area contributed by atoms with E-state index in [-0.39, 0.29) is 15.5 Å². The maximum atomic E-state index is 12.5. The lowest BCUT2D eigenvalue weighted by Crippen LogP contribution is -2.29. The molecule has 30 heavy (non-hydrogen) atoms. The summed E-state index contributed by atoms with van der Waals surface area (Å²) in [6, 6.07) is 6.56. The molecular weight excluding hydrogens is 432 g/mol. The highest BCUT2D eigenvalue weighted by Gasteiger charge is 2.20. The highest BCUT2D eigenvalue weighted by molar-refractivity contribution is 7.89. The monoisotopic (exact) mass is 456 g/mol. The molecule has 1 aromatic carbocycles. The number of nitrogens with zero attached hydrogens (tertiary/aromatic N) is 3. The number of pyridine rings is 1. The van der Waals surface area contributed by atoms with Crippen LogP contribution in [0.3, 0.4) is 0 Å². The van der Waals surface area contributed by atoms with Gasteiger partial charge in [-0.1, -0.05) is 6.07 Å². The van der Waals surface area contributed by atoms with Crippen LogP contribution in [0.25, 0.3) is 0 Å². The summed E-state index contributed by atoms with van der Waals surface area (Å²) in [5, 5.41) is 2.58. The predicted molar refractivity (Wildman–Crippen MR) is 112 cm³/mol. The molecule has 2 aromatic rings. The first-order valence-corrected chi connectivity index (χ1v) is 11.6. The van der Waals surface area contributed by atoms with Gasteiger partial charge in [0.15, 0.2) is 0 Å². The van der Waals surface area contributed by atoms with Gasteiger partial charge in [0, 0.05) is 46.1 Å². The average molecular weight is 457 g/mol. The molecule has 0 aliphatic heterocycles. The van der Waals surface area contributed by atoms with Gasteiger partial charge in [0.1, 0.15) is 6.54 Å². The quantitative estimate of drug-likeness (QED) is 0.639. The molecule has 0 spiro atoms. The largest absolute Gasteiger partial charge is 0.324 e. The molecular formula is C18H24N4O6S2. The number of carbonyl (C=O) groups excluding carboxylic acids is 1. The predicted octanol–water partition coefficient (Wildman–Crippen LogP) is 0.296. The van der Waals surface area contributed by atoms with Crippen LogP contribution in [0.4, 0.5) is 5.69 Å². The molecule has 0 unspecified atom stereocenters. The highest BCUT2D eigenvalue weighted by Crippen LogP contribution is 2.22. The molecule has 0 fully saturated rings. The topological polar surface area (TPSA) is 126 Å². The van der Waals surface area contributed by atoms with Gasteiger partial charge in [-0.05, 0) is 30.7 Å². The van der Waals surface area contributed by atoms with Crippen molar-refractivity contribution in [3.05, 3.63) is 52.4 Å². The zero-order valence-electron chi connectivity index (χ0n) is 17.3. The van der Waals surface area contributed by atoms with Gasteiger partial charge in [0.25, 0.3) is 5.56 Å². The summed E-state index contributed by atoms with van der Waals surface area (Å²) >= 11 is 0. The first kappa shape index (κ1) is 23.7. The number of anilines is 1. The van der Waals surface area contributed by atoms with Gasteiger partial charge in [0.2, 0.25) is 26.0 Å². The molecule has 1 N–H and O–H groups in total. The maximum Gasteiger partial charge on any atom is 0.251 e. The van der Waals surface area contributed by atoms with E-state index < -0.39 is 38.1 Å². The molecule has 1 amide bonds. The SMILES string of the molecule is Cc1ccc(S(=O)(=O)N(C)C)cc1NC(=O)Cn1cc(S(=O)(=O)N(C)C)ccc1=O. The lowest BCUT2D eigenvalue weighted by atomic mass is 10.2. The van der Waals surface area contributed by atoms with Crippen molar-refractivity contribution in [1.82, 2.24) is 13.2 Å². The van der Waals surface area contributed by atoms with Crippen molar-refractivity contribution in [3.63, 3.8) is 0 Å². The molecule has 10 nitrogen and oxygen atoms in total. The van der Waals surface area contributed by atoms with Crippen LogP contribution in [0.2, 0.25) is 0 Å². The normalized spacial score (nSPS) is 12.4. The van der Waals surface area contributed by atoms with Gasteiger partial charge in [-0.25, -0.2) is 25.4 Å². The van der Waals surface area contributed by atoms with Crippen LogP contribution in [0.15, 0.2) is 51.1 Å². The van der Waals surface area contributed by atoms with Crippen molar-refractivity contribution in [2.75, 3.05) is 33.5 Å². The van der Waals surface area contributed by atoms with Gasteiger partial charge >= 0.3 is 0 Å². The van der Waals surface area contributed by atoms with Crippen molar-refractivity contribution < 1.29 is 21.6 Å². The number of carbonyl (C=O) groups is 1. The second kappa shape index (κ2) is 8.68. The first-order valence-electron chi connectivity index (χ1n) is 8.73. The smallest absolute Gasteiger partial charge is 0.251 e. The summed E-state index contributed by atoms with van der Waals surface area (Å²) in [5.74, 6) is -0.612. The van der Waals surface area contributed by atoms with Crippen molar-refractivity contribution in [2.45, 2.75) is 23.3 Å². The molecule has 0 aliphatic carbocycles. The van der Waals surface area contributed by atoms with Crippen LogP contribution >= 0.6 is 0 Å². The Kier molecular flexibility index (Phi) is 6.87. The van der Waals surface area contributed by atoms with Crippen LogP contribution in [-0.2, 0) is 31.4 Å². The maximum absolute atomic E-state index is 12.5. The molecule has 0 saturated heterocycles. The molecule has 0 saturated carbocycles. The van der Waals surface area contributed by atoms with Crippen molar-refractivity contribution in [2.24, 2.45) is 0 Å². The number of aromatic nitrogens is 1. The molecule has 1 heterocycles. The van der Waals surface area contributed by atoms with Crippen molar-refractivity contribution in [1.29, 1.82) is 0 Å². The Morgan fingerprint density at radius 3 is 2.03 bits per heavy atom. The summed E-state index contributed by atoms with van der Waals surface area (Å²) in [7, 11) is -1.96. The zero-order valence-corrected chi connectivity index (χ0v) is 18.9. The Morgan fingerprint density at radius 1 is 0.933 bits per heavy atom. The zero-order chi connectivity index (χ0) is 22.9. The Bertz CT molecular complexity index is 1230. The van der Waals surface area contributed by atoms with E-state index in [9.17, 15) is 26.4 Å². The van der Waals surface area contributed by atoms with Gasteiger partial charge in [-0.2, -0.15) is 0 Å². The van der Waals surface area contributed by atoms with E-state index in [1.165, 1.54) is 46.4 Å². The van der Waals surface area contributed by atoms with E-state index in [0.717, 1.165) is 25.4 Å². The molecule has 0 radical (unpaired) electrons. The van der Waals surface area contributed by atoms with E-state index in [1.807, 2.05) is 0 Å². The summed E-state index contributed by atoms with van der Waals surface area (Å²) < 4.78 is 52.2. The lowest BCUT2D eigenvalue weighted by Gasteiger charge is -2.15. The van der Waals surface area contributed by atoms with E-state index in [2.05, 4.69) is 5.32 Å². The highest BCUT2D eigenvalue weighted by atomic mass is 32.2. The van der Waals surface area contributed by atoms with E-state index in [4.69, 9.17) is 0 Å². The van der Waals surface area contributed by atoms with Gasteiger partial charge < -0.3 is 9.88 Å². The summed E-state index contributed by atoms with van der Waals surface area (Å²) in [5.41, 5.74) is 0.342. The number of hydrogen-bond acceptors (Lipinski definition) is 6.